The number of esters is 1. The van der Waals surface area contributed by atoms with Crippen molar-refractivity contribution >= 4 is 17.0 Å². The summed E-state index contributed by atoms with van der Waals surface area (Å²) in [5.41, 5.74) is 3.65. The van der Waals surface area contributed by atoms with Crippen molar-refractivity contribution in [2.75, 3.05) is 6.61 Å². The molecule has 1 N–H and O–H groups in total. The summed E-state index contributed by atoms with van der Waals surface area (Å²) < 4.78 is 45.5. The Bertz CT molecular complexity index is 1300. The van der Waals surface area contributed by atoms with Gasteiger partial charge >= 0.3 is 5.97 Å². The SMILES string of the molecule is CC(=O)OCC(Cc1ccccc1)c1nc(-c2ccc(F)cc2)c(-c2ccc(CS(=O)O)cc2)o1. The normalized spacial score (nSPS) is 12.8. The molecule has 0 fully saturated rings. The van der Waals surface area contributed by atoms with Gasteiger partial charge in [-0.2, -0.15) is 0 Å². The summed E-state index contributed by atoms with van der Waals surface area (Å²) in [6.07, 6.45) is 0.540. The zero-order chi connectivity index (χ0) is 24.8. The molecule has 6 nitrogen and oxygen atoms in total. The lowest BCUT2D eigenvalue weighted by molar-refractivity contribution is -0.141. The molecule has 8 heteroatoms. The van der Waals surface area contributed by atoms with Gasteiger partial charge in [-0.15, -0.1) is 0 Å². The fourth-order valence-electron chi connectivity index (χ4n) is 3.74. The van der Waals surface area contributed by atoms with Gasteiger partial charge in [0, 0.05) is 18.1 Å². The molecule has 0 aliphatic rings. The van der Waals surface area contributed by atoms with Gasteiger partial charge in [-0.25, -0.2) is 13.6 Å². The first-order valence-corrected chi connectivity index (χ1v) is 12.3. The minimum atomic E-state index is -1.94. The second-order valence-corrected chi connectivity index (χ2v) is 9.02. The van der Waals surface area contributed by atoms with Crippen molar-refractivity contribution in [3.8, 4) is 22.6 Å². The molecule has 0 aliphatic heterocycles. The Kier molecular flexibility index (Phi) is 7.84. The molecule has 1 aromatic heterocycles. The van der Waals surface area contributed by atoms with E-state index in [4.69, 9.17) is 18.7 Å². The standard InChI is InChI=1S/C27H24FNO5S/c1-18(30)33-16-23(15-19-5-3-2-4-6-19)27-29-25(21-11-13-24(28)14-12-21)26(34-27)22-9-7-20(8-10-22)17-35(31)32/h2-14,23H,15-17H2,1H3,(H,31,32). The van der Waals surface area contributed by atoms with Crippen LogP contribution in [0.25, 0.3) is 22.6 Å². The van der Waals surface area contributed by atoms with E-state index < -0.39 is 17.0 Å². The Morgan fingerprint density at radius 2 is 1.66 bits per heavy atom. The number of carbonyl (C=O) groups is 1. The molecule has 1 heterocycles. The van der Waals surface area contributed by atoms with Gasteiger partial charge in [0.25, 0.3) is 0 Å². The molecule has 35 heavy (non-hydrogen) atoms. The van der Waals surface area contributed by atoms with Crippen LogP contribution in [0.1, 0.15) is 29.9 Å². The smallest absolute Gasteiger partial charge is 0.302 e. The molecule has 0 saturated carbocycles. The highest BCUT2D eigenvalue weighted by molar-refractivity contribution is 7.78. The Morgan fingerprint density at radius 3 is 2.29 bits per heavy atom. The van der Waals surface area contributed by atoms with Gasteiger partial charge in [0.2, 0.25) is 5.89 Å². The van der Waals surface area contributed by atoms with E-state index in [1.807, 2.05) is 30.3 Å². The van der Waals surface area contributed by atoms with Crippen LogP contribution in [-0.4, -0.2) is 26.3 Å². The van der Waals surface area contributed by atoms with Crippen LogP contribution < -0.4 is 0 Å². The molecule has 3 aromatic carbocycles. The van der Waals surface area contributed by atoms with Crippen LogP contribution >= 0.6 is 0 Å². The van der Waals surface area contributed by atoms with Crippen molar-refractivity contribution in [3.63, 3.8) is 0 Å². The monoisotopic (exact) mass is 493 g/mol. The van der Waals surface area contributed by atoms with Crippen molar-refractivity contribution in [1.82, 2.24) is 4.98 Å². The lowest BCUT2D eigenvalue weighted by Gasteiger charge is -2.13. The number of hydrogen-bond acceptors (Lipinski definition) is 5. The van der Waals surface area contributed by atoms with E-state index in [9.17, 15) is 13.4 Å². The van der Waals surface area contributed by atoms with Crippen LogP contribution in [0.5, 0.6) is 0 Å². The number of oxazole rings is 1. The Morgan fingerprint density at radius 1 is 1.00 bits per heavy atom. The predicted molar refractivity (Wildman–Crippen MR) is 131 cm³/mol. The fraction of sp³-hybridized carbons (Fsp3) is 0.185. The number of nitrogens with zero attached hydrogens (tertiary/aromatic N) is 1. The molecule has 0 spiro atoms. The molecular weight excluding hydrogens is 469 g/mol. The number of benzene rings is 3. The van der Waals surface area contributed by atoms with Crippen molar-refractivity contribution in [2.45, 2.75) is 25.0 Å². The largest absolute Gasteiger partial charge is 0.465 e. The summed E-state index contributed by atoms with van der Waals surface area (Å²) in [7, 11) is 0. The minimum Gasteiger partial charge on any atom is -0.465 e. The maximum atomic E-state index is 13.6. The highest BCUT2D eigenvalue weighted by Gasteiger charge is 2.25. The molecule has 4 rings (SSSR count). The molecule has 4 aromatic rings. The summed E-state index contributed by atoms with van der Waals surface area (Å²) >= 11 is -1.94. The van der Waals surface area contributed by atoms with E-state index in [1.54, 1.807) is 36.4 Å². The zero-order valence-electron chi connectivity index (χ0n) is 19.0. The van der Waals surface area contributed by atoms with Crippen molar-refractivity contribution in [3.05, 3.63) is 102 Å². The predicted octanol–water partition coefficient (Wildman–Crippen LogP) is 5.76. The molecule has 0 bridgehead atoms. The first-order chi connectivity index (χ1) is 16.9. The van der Waals surface area contributed by atoms with E-state index in [-0.39, 0.29) is 24.1 Å². The number of halogens is 1. The number of ether oxygens (including phenoxy) is 1. The molecule has 180 valence electrons. The van der Waals surface area contributed by atoms with Crippen molar-refractivity contribution in [2.24, 2.45) is 0 Å². The van der Waals surface area contributed by atoms with Gasteiger partial charge in [0.15, 0.2) is 16.8 Å². The lowest BCUT2D eigenvalue weighted by atomic mass is 10.00. The van der Waals surface area contributed by atoms with Crippen LogP contribution in [0.4, 0.5) is 4.39 Å². The number of aromatic nitrogens is 1. The maximum absolute atomic E-state index is 13.6. The third-order valence-corrected chi connectivity index (χ3v) is 6.01. The first kappa shape index (κ1) is 24.5. The van der Waals surface area contributed by atoms with Crippen LogP contribution in [-0.2, 0) is 32.8 Å². The van der Waals surface area contributed by atoms with Gasteiger partial charge in [0.05, 0.1) is 11.7 Å². The lowest BCUT2D eigenvalue weighted by Crippen LogP contribution is -2.13. The molecular formula is C27H24FNO5S. The molecule has 0 radical (unpaired) electrons. The van der Waals surface area contributed by atoms with Crippen LogP contribution in [0.3, 0.4) is 0 Å². The van der Waals surface area contributed by atoms with Crippen molar-refractivity contribution < 1.29 is 27.1 Å². The quantitative estimate of drug-likeness (QED) is 0.236. The number of rotatable bonds is 9. The molecule has 0 aliphatic carbocycles. The average molecular weight is 494 g/mol. The van der Waals surface area contributed by atoms with Crippen molar-refractivity contribution in [1.29, 1.82) is 0 Å². The molecule has 0 amide bonds. The summed E-state index contributed by atoms with van der Waals surface area (Å²) in [5.74, 6) is -0.212. The Hall–Kier alpha value is -3.62. The van der Waals surface area contributed by atoms with Gasteiger partial charge in [-0.1, -0.05) is 54.6 Å². The molecule has 0 saturated heterocycles. The second kappa shape index (κ2) is 11.2. The Labute approximate surface area is 205 Å². The zero-order valence-corrected chi connectivity index (χ0v) is 19.8. The highest BCUT2D eigenvalue weighted by atomic mass is 32.2. The second-order valence-electron chi connectivity index (χ2n) is 8.09. The van der Waals surface area contributed by atoms with Crippen LogP contribution in [0.2, 0.25) is 0 Å². The first-order valence-electron chi connectivity index (χ1n) is 11.0. The van der Waals surface area contributed by atoms with E-state index in [1.165, 1.54) is 19.1 Å². The number of carbonyl (C=O) groups excluding carboxylic acids is 1. The maximum Gasteiger partial charge on any atom is 0.302 e. The Balaban J connectivity index is 1.76. The summed E-state index contributed by atoms with van der Waals surface area (Å²) in [6.45, 7) is 1.44. The van der Waals surface area contributed by atoms with Gasteiger partial charge < -0.3 is 13.7 Å². The van der Waals surface area contributed by atoms with E-state index in [2.05, 4.69) is 0 Å². The van der Waals surface area contributed by atoms with Crippen LogP contribution in [0, 0.1) is 5.82 Å². The summed E-state index contributed by atoms with van der Waals surface area (Å²) in [6, 6.07) is 22.8. The molecule has 2 unspecified atom stereocenters. The summed E-state index contributed by atoms with van der Waals surface area (Å²) in [4.78, 5) is 16.3. The topological polar surface area (TPSA) is 89.6 Å². The van der Waals surface area contributed by atoms with E-state index >= 15 is 0 Å². The molecule has 2 atom stereocenters. The fourth-order valence-corrected chi connectivity index (χ4v) is 4.22. The van der Waals surface area contributed by atoms with E-state index in [0.717, 1.165) is 5.56 Å². The summed E-state index contributed by atoms with van der Waals surface area (Å²) in [5, 5.41) is 0. The average Bonchev–Trinajstić information content (AvgIpc) is 3.28. The van der Waals surface area contributed by atoms with Crippen LogP contribution in [0.15, 0.2) is 83.3 Å². The van der Waals surface area contributed by atoms with Gasteiger partial charge in [-0.05, 0) is 41.8 Å². The van der Waals surface area contributed by atoms with E-state index in [0.29, 0.717) is 40.5 Å². The van der Waals surface area contributed by atoms with Gasteiger partial charge in [-0.3, -0.25) is 4.79 Å². The number of hydrogen-bond donors (Lipinski definition) is 1. The highest BCUT2D eigenvalue weighted by Crippen LogP contribution is 2.36. The van der Waals surface area contributed by atoms with Gasteiger partial charge in [0.1, 0.15) is 18.1 Å². The third kappa shape index (κ3) is 6.49. The third-order valence-electron chi connectivity index (χ3n) is 5.43. The minimum absolute atomic E-state index is 0.0221.